The Bertz CT molecular complexity index is 381. The van der Waals surface area contributed by atoms with Gasteiger partial charge in [0.1, 0.15) is 0 Å². The molecule has 16 heavy (non-hydrogen) atoms. The van der Waals surface area contributed by atoms with E-state index in [-0.39, 0.29) is 5.75 Å². The lowest BCUT2D eigenvalue weighted by Gasteiger charge is -2.07. The molecule has 0 aliphatic carbocycles. The molecule has 1 unspecified atom stereocenters. The van der Waals surface area contributed by atoms with E-state index in [0.29, 0.717) is 10.6 Å². The highest BCUT2D eigenvalue weighted by Crippen LogP contribution is 2.26. The zero-order valence-electron chi connectivity index (χ0n) is 9.07. The van der Waals surface area contributed by atoms with Crippen LogP contribution in [0.5, 0.6) is 5.75 Å². The van der Waals surface area contributed by atoms with E-state index >= 15 is 0 Å². The molecule has 0 aliphatic heterocycles. The zero-order valence-corrected chi connectivity index (χ0v) is 9.88. The quantitative estimate of drug-likeness (QED) is 0.809. The highest BCUT2D eigenvalue weighted by molar-refractivity contribution is 7.99. The Hall–Kier alpha value is -1.23. The van der Waals surface area contributed by atoms with Gasteiger partial charge in [-0.2, -0.15) is 0 Å². The number of aliphatic carboxylic acids is 1. The summed E-state index contributed by atoms with van der Waals surface area (Å²) in [7, 11) is 1.40. The summed E-state index contributed by atoms with van der Waals surface area (Å²) < 4.78 is 18.1. The summed E-state index contributed by atoms with van der Waals surface area (Å²) in [5, 5.41) is 8.69. The first-order valence-corrected chi connectivity index (χ1v) is 5.72. The van der Waals surface area contributed by atoms with Gasteiger partial charge < -0.3 is 9.84 Å². The molecule has 0 aliphatic rings. The molecule has 1 aromatic rings. The standard InChI is InChI=1S/C11H13FO3S/c1-7(11(13)14)6-16-8-3-4-10(15-2)9(12)5-8/h3-5,7H,6H2,1-2H3,(H,13,14). The smallest absolute Gasteiger partial charge is 0.307 e. The van der Waals surface area contributed by atoms with E-state index in [1.807, 2.05) is 0 Å². The lowest BCUT2D eigenvalue weighted by Crippen LogP contribution is -2.11. The SMILES string of the molecule is COc1ccc(SCC(C)C(=O)O)cc1F. The van der Waals surface area contributed by atoms with Gasteiger partial charge in [0.15, 0.2) is 11.6 Å². The van der Waals surface area contributed by atoms with Crippen LogP contribution in [-0.2, 0) is 4.79 Å². The first-order valence-electron chi connectivity index (χ1n) is 4.73. The van der Waals surface area contributed by atoms with Crippen LogP contribution in [0, 0.1) is 11.7 Å². The Morgan fingerprint density at radius 1 is 1.62 bits per heavy atom. The number of carboxylic acids is 1. The third-order valence-corrected chi connectivity index (χ3v) is 3.30. The van der Waals surface area contributed by atoms with Crippen molar-refractivity contribution in [2.75, 3.05) is 12.9 Å². The maximum atomic E-state index is 13.3. The molecule has 1 atom stereocenters. The number of hydrogen-bond donors (Lipinski definition) is 1. The molecule has 0 saturated carbocycles. The number of hydrogen-bond acceptors (Lipinski definition) is 3. The minimum atomic E-state index is -0.846. The Labute approximate surface area is 97.6 Å². The molecule has 5 heteroatoms. The minimum absolute atomic E-state index is 0.190. The van der Waals surface area contributed by atoms with Gasteiger partial charge in [0.05, 0.1) is 13.0 Å². The lowest BCUT2D eigenvalue weighted by molar-refractivity contribution is -0.140. The van der Waals surface area contributed by atoms with Gasteiger partial charge in [-0.3, -0.25) is 4.79 Å². The minimum Gasteiger partial charge on any atom is -0.494 e. The average Bonchev–Trinajstić information content (AvgIpc) is 2.25. The van der Waals surface area contributed by atoms with Gasteiger partial charge in [0, 0.05) is 10.6 Å². The fourth-order valence-electron chi connectivity index (χ4n) is 1.03. The van der Waals surface area contributed by atoms with Crippen LogP contribution >= 0.6 is 11.8 Å². The summed E-state index contributed by atoms with van der Waals surface area (Å²) in [6.07, 6.45) is 0. The summed E-state index contributed by atoms with van der Waals surface area (Å²) in [6.45, 7) is 1.62. The number of carbonyl (C=O) groups is 1. The van der Waals surface area contributed by atoms with Crippen LogP contribution in [0.25, 0.3) is 0 Å². The number of halogens is 1. The molecule has 3 nitrogen and oxygen atoms in total. The van der Waals surface area contributed by atoms with E-state index in [1.54, 1.807) is 13.0 Å². The summed E-state index contributed by atoms with van der Waals surface area (Å²) >= 11 is 1.31. The fourth-order valence-corrected chi connectivity index (χ4v) is 1.97. The predicted octanol–water partition coefficient (Wildman–Crippen LogP) is 2.65. The molecule has 0 bridgehead atoms. The van der Waals surface area contributed by atoms with Crippen LogP contribution in [0.2, 0.25) is 0 Å². The van der Waals surface area contributed by atoms with Crippen LogP contribution in [0.3, 0.4) is 0 Å². The van der Waals surface area contributed by atoms with Crippen molar-refractivity contribution in [3.8, 4) is 5.75 Å². The molecule has 1 aromatic carbocycles. The Kier molecular flexibility index (Phi) is 4.61. The van der Waals surface area contributed by atoms with Crippen molar-refractivity contribution in [3.63, 3.8) is 0 Å². The molecule has 0 radical (unpaired) electrons. The summed E-state index contributed by atoms with van der Waals surface area (Å²) in [4.78, 5) is 11.3. The van der Waals surface area contributed by atoms with E-state index in [0.717, 1.165) is 0 Å². The molecular formula is C11H13FO3S. The van der Waals surface area contributed by atoms with Crippen molar-refractivity contribution in [3.05, 3.63) is 24.0 Å². The van der Waals surface area contributed by atoms with Gasteiger partial charge in [0.25, 0.3) is 0 Å². The van der Waals surface area contributed by atoms with Gasteiger partial charge in [0.2, 0.25) is 0 Å². The van der Waals surface area contributed by atoms with Gasteiger partial charge >= 0.3 is 5.97 Å². The molecule has 0 heterocycles. The molecular weight excluding hydrogens is 231 g/mol. The van der Waals surface area contributed by atoms with E-state index < -0.39 is 17.7 Å². The Morgan fingerprint density at radius 3 is 2.81 bits per heavy atom. The fraction of sp³-hybridized carbons (Fsp3) is 0.364. The first-order chi connectivity index (χ1) is 7.54. The third kappa shape index (κ3) is 3.41. The summed E-state index contributed by atoms with van der Waals surface area (Å²) in [5.41, 5.74) is 0. The highest BCUT2D eigenvalue weighted by atomic mass is 32.2. The number of carboxylic acid groups (broad SMARTS) is 1. The van der Waals surface area contributed by atoms with E-state index in [4.69, 9.17) is 9.84 Å². The van der Waals surface area contributed by atoms with Crippen molar-refractivity contribution in [2.45, 2.75) is 11.8 Å². The largest absolute Gasteiger partial charge is 0.494 e. The van der Waals surface area contributed by atoms with Crippen LogP contribution in [0.15, 0.2) is 23.1 Å². The monoisotopic (exact) mass is 244 g/mol. The van der Waals surface area contributed by atoms with E-state index in [2.05, 4.69) is 0 Å². The van der Waals surface area contributed by atoms with Crippen molar-refractivity contribution in [2.24, 2.45) is 5.92 Å². The zero-order chi connectivity index (χ0) is 12.1. The van der Waals surface area contributed by atoms with Crippen molar-refractivity contribution in [1.82, 2.24) is 0 Å². The second kappa shape index (κ2) is 5.75. The molecule has 0 fully saturated rings. The van der Waals surface area contributed by atoms with Crippen LogP contribution in [-0.4, -0.2) is 23.9 Å². The number of rotatable bonds is 5. The van der Waals surface area contributed by atoms with Gasteiger partial charge in [-0.25, -0.2) is 4.39 Å². The molecule has 0 saturated heterocycles. The second-order valence-electron chi connectivity index (χ2n) is 3.35. The normalized spacial score (nSPS) is 12.2. The number of thioether (sulfide) groups is 1. The van der Waals surface area contributed by atoms with Crippen LogP contribution in [0.4, 0.5) is 4.39 Å². The number of methoxy groups -OCH3 is 1. The lowest BCUT2D eigenvalue weighted by atomic mass is 10.2. The maximum Gasteiger partial charge on any atom is 0.307 e. The van der Waals surface area contributed by atoms with Crippen molar-refractivity contribution < 1.29 is 19.0 Å². The van der Waals surface area contributed by atoms with E-state index in [1.165, 1.54) is 31.0 Å². The molecule has 1 rings (SSSR count). The maximum absolute atomic E-state index is 13.3. The molecule has 0 aromatic heterocycles. The van der Waals surface area contributed by atoms with E-state index in [9.17, 15) is 9.18 Å². The highest BCUT2D eigenvalue weighted by Gasteiger charge is 2.11. The summed E-state index contributed by atoms with van der Waals surface area (Å²) in [6, 6.07) is 4.59. The number of ether oxygens (including phenoxy) is 1. The Morgan fingerprint density at radius 2 is 2.31 bits per heavy atom. The Balaban J connectivity index is 2.62. The number of benzene rings is 1. The van der Waals surface area contributed by atoms with Gasteiger partial charge in [-0.15, -0.1) is 11.8 Å². The molecule has 0 spiro atoms. The molecule has 0 amide bonds. The van der Waals surface area contributed by atoms with Crippen molar-refractivity contribution in [1.29, 1.82) is 0 Å². The first kappa shape index (κ1) is 12.8. The van der Waals surface area contributed by atoms with Crippen molar-refractivity contribution >= 4 is 17.7 Å². The average molecular weight is 244 g/mol. The van der Waals surface area contributed by atoms with Crippen LogP contribution in [0.1, 0.15) is 6.92 Å². The molecule has 88 valence electrons. The third-order valence-electron chi connectivity index (χ3n) is 2.04. The topological polar surface area (TPSA) is 46.5 Å². The summed E-state index contributed by atoms with van der Waals surface area (Å²) in [5.74, 6) is -1.12. The predicted molar refractivity (Wildman–Crippen MR) is 60.5 cm³/mol. The van der Waals surface area contributed by atoms with Crippen LogP contribution < -0.4 is 4.74 Å². The second-order valence-corrected chi connectivity index (χ2v) is 4.44. The molecule has 1 N–H and O–H groups in total. The van der Waals surface area contributed by atoms with Gasteiger partial charge in [-0.05, 0) is 18.2 Å². The van der Waals surface area contributed by atoms with Gasteiger partial charge in [-0.1, -0.05) is 6.92 Å².